The van der Waals surface area contributed by atoms with E-state index in [4.69, 9.17) is 9.47 Å². The van der Waals surface area contributed by atoms with Crippen LogP contribution in [0.3, 0.4) is 0 Å². The number of amides is 1. The van der Waals surface area contributed by atoms with E-state index >= 15 is 0 Å². The molecular weight excluding hydrogens is 380 g/mol. The highest BCUT2D eigenvalue weighted by atomic mass is 16.5. The normalized spacial score (nSPS) is 15.1. The standard InChI is InChI=1S/C24H22N2O4/c1-2-29-23-18(9-6-12-25-23)15-26-22(27)17-10-11-20-19(13-17)14-21(30-24(20)28)16-7-4-3-5-8-16/h3-13,21H,2,14-15H2,1H3,(H,26,27)/t21-/m1/s1. The second kappa shape index (κ2) is 8.78. The van der Waals surface area contributed by atoms with Gasteiger partial charge in [-0.05, 0) is 42.3 Å². The van der Waals surface area contributed by atoms with E-state index in [2.05, 4.69) is 10.3 Å². The lowest BCUT2D eigenvalue weighted by Crippen LogP contribution is -2.25. The zero-order valence-electron chi connectivity index (χ0n) is 16.6. The van der Waals surface area contributed by atoms with E-state index in [1.165, 1.54) is 0 Å². The molecule has 0 radical (unpaired) electrons. The van der Waals surface area contributed by atoms with Gasteiger partial charge >= 0.3 is 5.97 Å². The van der Waals surface area contributed by atoms with Crippen LogP contribution in [0.5, 0.6) is 5.88 Å². The van der Waals surface area contributed by atoms with Gasteiger partial charge in [-0.1, -0.05) is 36.4 Å². The first kappa shape index (κ1) is 19.6. The Hall–Kier alpha value is -3.67. The Balaban J connectivity index is 1.50. The highest BCUT2D eigenvalue weighted by Gasteiger charge is 2.28. The van der Waals surface area contributed by atoms with Crippen molar-refractivity contribution in [2.75, 3.05) is 6.61 Å². The molecule has 1 N–H and O–H groups in total. The molecule has 1 amide bonds. The molecule has 6 heteroatoms. The number of hydrogen-bond donors (Lipinski definition) is 1. The average Bonchev–Trinajstić information content (AvgIpc) is 2.78. The van der Waals surface area contributed by atoms with Gasteiger partial charge in [0, 0.05) is 30.3 Å². The first-order valence-electron chi connectivity index (χ1n) is 9.89. The van der Waals surface area contributed by atoms with Gasteiger partial charge in [0.2, 0.25) is 5.88 Å². The molecule has 0 saturated heterocycles. The molecule has 3 aromatic rings. The number of nitrogens with one attached hydrogen (secondary N) is 1. The number of hydrogen-bond acceptors (Lipinski definition) is 5. The van der Waals surface area contributed by atoms with E-state index in [1.54, 1.807) is 30.5 Å². The molecule has 1 aliphatic rings. The van der Waals surface area contributed by atoms with E-state index in [9.17, 15) is 9.59 Å². The second-order valence-electron chi connectivity index (χ2n) is 6.96. The fourth-order valence-corrected chi connectivity index (χ4v) is 3.49. The van der Waals surface area contributed by atoms with Crippen molar-refractivity contribution in [3.63, 3.8) is 0 Å². The van der Waals surface area contributed by atoms with Crippen LogP contribution >= 0.6 is 0 Å². The monoisotopic (exact) mass is 402 g/mol. The molecule has 2 heterocycles. The summed E-state index contributed by atoms with van der Waals surface area (Å²) in [6, 6.07) is 18.4. The van der Waals surface area contributed by atoms with Gasteiger partial charge in [0.05, 0.1) is 12.2 Å². The van der Waals surface area contributed by atoms with Crippen LogP contribution < -0.4 is 10.1 Å². The Bertz CT molecular complexity index is 1070. The lowest BCUT2D eigenvalue weighted by atomic mass is 9.93. The van der Waals surface area contributed by atoms with Crippen LogP contribution in [0.15, 0.2) is 66.9 Å². The molecule has 2 aromatic carbocycles. The number of nitrogens with zero attached hydrogens (tertiary/aromatic N) is 1. The topological polar surface area (TPSA) is 77.5 Å². The Kier molecular flexibility index (Phi) is 5.75. The quantitative estimate of drug-likeness (QED) is 0.634. The van der Waals surface area contributed by atoms with E-state index in [1.807, 2.05) is 43.3 Å². The van der Waals surface area contributed by atoms with Crippen LogP contribution in [0.4, 0.5) is 0 Å². The van der Waals surface area contributed by atoms with Gasteiger partial charge in [0.25, 0.3) is 5.91 Å². The minimum atomic E-state index is -0.367. The molecule has 0 unspecified atom stereocenters. The summed E-state index contributed by atoms with van der Waals surface area (Å²) in [6.07, 6.45) is 1.83. The molecule has 0 spiro atoms. The van der Waals surface area contributed by atoms with Crippen molar-refractivity contribution in [3.8, 4) is 5.88 Å². The van der Waals surface area contributed by atoms with Crippen molar-refractivity contribution in [1.29, 1.82) is 0 Å². The van der Waals surface area contributed by atoms with Gasteiger partial charge in [-0.15, -0.1) is 0 Å². The largest absolute Gasteiger partial charge is 0.478 e. The zero-order valence-corrected chi connectivity index (χ0v) is 16.6. The number of esters is 1. The first-order chi connectivity index (χ1) is 14.7. The number of rotatable bonds is 6. The molecule has 6 nitrogen and oxygen atoms in total. The molecule has 1 atom stereocenters. The van der Waals surface area contributed by atoms with Crippen molar-refractivity contribution in [2.24, 2.45) is 0 Å². The minimum absolute atomic E-state index is 0.223. The Morgan fingerprint density at radius 3 is 2.80 bits per heavy atom. The molecule has 1 aliphatic heterocycles. The van der Waals surface area contributed by atoms with Gasteiger partial charge < -0.3 is 14.8 Å². The summed E-state index contributed by atoms with van der Waals surface area (Å²) in [7, 11) is 0. The van der Waals surface area contributed by atoms with Crippen molar-refractivity contribution in [2.45, 2.75) is 26.0 Å². The van der Waals surface area contributed by atoms with Crippen LogP contribution in [-0.2, 0) is 17.7 Å². The fourth-order valence-electron chi connectivity index (χ4n) is 3.49. The lowest BCUT2D eigenvalue weighted by molar-refractivity contribution is 0.0252. The Labute approximate surface area is 174 Å². The third kappa shape index (κ3) is 4.17. The number of carbonyl (C=O) groups excluding carboxylic acids is 2. The van der Waals surface area contributed by atoms with Crippen LogP contribution in [0.2, 0.25) is 0 Å². The molecular formula is C24H22N2O4. The van der Waals surface area contributed by atoms with Crippen molar-refractivity contribution >= 4 is 11.9 Å². The van der Waals surface area contributed by atoms with Crippen molar-refractivity contribution in [3.05, 3.63) is 94.7 Å². The predicted octanol–water partition coefficient (Wildman–Crippen LogP) is 3.86. The first-order valence-corrected chi connectivity index (χ1v) is 9.89. The summed E-state index contributed by atoms with van der Waals surface area (Å²) in [4.78, 5) is 29.3. The number of pyridine rings is 1. The van der Waals surface area contributed by atoms with Crippen molar-refractivity contribution in [1.82, 2.24) is 10.3 Å². The summed E-state index contributed by atoms with van der Waals surface area (Å²) < 4.78 is 11.1. The fraction of sp³-hybridized carbons (Fsp3) is 0.208. The Morgan fingerprint density at radius 1 is 1.17 bits per heavy atom. The van der Waals surface area contributed by atoms with Crippen LogP contribution in [-0.4, -0.2) is 23.5 Å². The van der Waals surface area contributed by atoms with E-state index in [0.717, 1.165) is 16.7 Å². The number of ether oxygens (including phenoxy) is 2. The number of aromatic nitrogens is 1. The van der Waals surface area contributed by atoms with Crippen LogP contribution in [0.1, 0.15) is 50.4 Å². The second-order valence-corrected chi connectivity index (χ2v) is 6.96. The van der Waals surface area contributed by atoms with E-state index in [0.29, 0.717) is 36.6 Å². The Morgan fingerprint density at radius 2 is 2.00 bits per heavy atom. The van der Waals surface area contributed by atoms with E-state index in [-0.39, 0.29) is 18.0 Å². The van der Waals surface area contributed by atoms with Crippen molar-refractivity contribution < 1.29 is 19.1 Å². The summed E-state index contributed by atoms with van der Waals surface area (Å²) in [6.45, 7) is 2.69. The number of fused-ring (bicyclic) bond motifs is 1. The van der Waals surface area contributed by atoms with Gasteiger partial charge in [0.1, 0.15) is 6.10 Å². The maximum Gasteiger partial charge on any atom is 0.339 e. The van der Waals surface area contributed by atoms with Gasteiger partial charge in [0.15, 0.2) is 0 Å². The smallest absolute Gasteiger partial charge is 0.339 e. The number of benzene rings is 2. The molecule has 1 aromatic heterocycles. The molecule has 0 saturated carbocycles. The molecule has 4 rings (SSSR count). The van der Waals surface area contributed by atoms with Crippen LogP contribution in [0.25, 0.3) is 0 Å². The highest BCUT2D eigenvalue weighted by molar-refractivity contribution is 5.97. The number of carbonyl (C=O) groups is 2. The summed E-state index contributed by atoms with van der Waals surface area (Å²) in [5, 5.41) is 2.90. The maximum absolute atomic E-state index is 12.7. The molecule has 0 aliphatic carbocycles. The van der Waals surface area contributed by atoms with Crippen LogP contribution in [0, 0.1) is 0 Å². The predicted molar refractivity (Wildman–Crippen MR) is 111 cm³/mol. The molecule has 0 bridgehead atoms. The summed E-state index contributed by atoms with van der Waals surface area (Å²) >= 11 is 0. The van der Waals surface area contributed by atoms with E-state index < -0.39 is 0 Å². The molecule has 0 fully saturated rings. The highest BCUT2D eigenvalue weighted by Crippen LogP contribution is 2.31. The number of cyclic esters (lactones) is 1. The average molecular weight is 402 g/mol. The zero-order chi connectivity index (χ0) is 20.9. The summed E-state index contributed by atoms with van der Waals surface area (Å²) in [5.41, 5.74) is 3.55. The van der Waals surface area contributed by atoms with Gasteiger partial charge in [-0.2, -0.15) is 0 Å². The SMILES string of the molecule is CCOc1ncccc1CNC(=O)c1ccc2c(c1)C[C@H](c1ccccc1)OC2=O. The lowest BCUT2D eigenvalue weighted by Gasteiger charge is -2.25. The molecule has 152 valence electrons. The molecule has 30 heavy (non-hydrogen) atoms. The minimum Gasteiger partial charge on any atom is -0.478 e. The third-order valence-corrected chi connectivity index (χ3v) is 4.98. The third-order valence-electron chi connectivity index (χ3n) is 4.98. The van der Waals surface area contributed by atoms with Gasteiger partial charge in [-0.3, -0.25) is 4.79 Å². The maximum atomic E-state index is 12.7. The van der Waals surface area contributed by atoms with Gasteiger partial charge in [-0.25, -0.2) is 9.78 Å². The summed E-state index contributed by atoms with van der Waals surface area (Å²) in [5.74, 6) is -0.0766.